The lowest BCUT2D eigenvalue weighted by Gasteiger charge is -2.47. The summed E-state index contributed by atoms with van der Waals surface area (Å²) in [5.74, 6) is 0.763. The van der Waals surface area contributed by atoms with Crippen molar-refractivity contribution in [3.63, 3.8) is 0 Å². The van der Waals surface area contributed by atoms with Gasteiger partial charge in [0.2, 0.25) is 5.91 Å². The highest BCUT2D eigenvalue weighted by Crippen LogP contribution is 2.44. The third-order valence-corrected chi connectivity index (χ3v) is 11.0. The van der Waals surface area contributed by atoms with Crippen molar-refractivity contribution in [3.05, 3.63) is 59.1 Å². The Hall–Kier alpha value is -3.23. The molecule has 9 heteroatoms. The average molecular weight is 602 g/mol. The minimum atomic E-state index is -0.819. The predicted octanol–water partition coefficient (Wildman–Crippen LogP) is 5.76. The van der Waals surface area contributed by atoms with E-state index in [4.69, 9.17) is 26.3 Å². The molecule has 0 bridgehead atoms. The Morgan fingerprint density at radius 1 is 1.12 bits per heavy atom. The van der Waals surface area contributed by atoms with Crippen molar-refractivity contribution in [2.24, 2.45) is 0 Å². The summed E-state index contributed by atoms with van der Waals surface area (Å²) in [5.41, 5.74) is 5.43. The summed E-state index contributed by atoms with van der Waals surface area (Å²) in [6, 6.07) is 11.2. The number of anilines is 1. The Morgan fingerprint density at radius 3 is 2.88 bits per heavy atom. The van der Waals surface area contributed by atoms with Gasteiger partial charge in [-0.25, -0.2) is 4.39 Å². The fourth-order valence-corrected chi connectivity index (χ4v) is 8.80. The quantitative estimate of drug-likeness (QED) is 0.335. The van der Waals surface area contributed by atoms with Crippen LogP contribution in [0.4, 0.5) is 10.2 Å². The second-order valence-corrected chi connectivity index (χ2v) is 13.4. The molecule has 4 saturated heterocycles. The van der Waals surface area contributed by atoms with Crippen LogP contribution >= 0.6 is 11.6 Å². The number of aryl methyl sites for hydroxylation is 1. The third-order valence-electron chi connectivity index (χ3n) is 10.7. The van der Waals surface area contributed by atoms with Crippen LogP contribution in [-0.4, -0.2) is 82.3 Å². The molecule has 4 fully saturated rings. The van der Waals surface area contributed by atoms with Gasteiger partial charge in [-0.3, -0.25) is 9.69 Å². The zero-order valence-electron chi connectivity index (χ0n) is 24.4. The van der Waals surface area contributed by atoms with Crippen molar-refractivity contribution < 1.29 is 13.9 Å². The highest BCUT2D eigenvalue weighted by Gasteiger charge is 2.51. The summed E-state index contributed by atoms with van der Waals surface area (Å²) in [6.45, 7) is 6.84. The Morgan fingerprint density at radius 2 is 2.00 bits per heavy atom. The van der Waals surface area contributed by atoms with Crippen molar-refractivity contribution in [2.45, 2.75) is 75.2 Å². The summed E-state index contributed by atoms with van der Waals surface area (Å²) in [6.07, 6.45) is 8.47. The first-order chi connectivity index (χ1) is 20.9. The number of rotatable bonds is 6. The molecule has 1 unspecified atom stereocenters. The zero-order valence-corrected chi connectivity index (χ0v) is 25.2. The number of aromatic nitrogens is 2. The van der Waals surface area contributed by atoms with E-state index < -0.39 is 6.17 Å². The molecular weight excluding hydrogens is 565 g/mol. The highest BCUT2D eigenvalue weighted by molar-refractivity contribution is 6.34. The number of amides is 1. The fraction of sp³-hybridized carbons (Fsp3) is 0.500. The largest absolute Gasteiger partial charge is 0.461 e. The summed E-state index contributed by atoms with van der Waals surface area (Å²) in [4.78, 5) is 28.8. The molecule has 5 aliphatic rings. The Labute approximate surface area is 256 Å². The summed E-state index contributed by atoms with van der Waals surface area (Å²) >= 11 is 7.06. The summed E-state index contributed by atoms with van der Waals surface area (Å²) < 4.78 is 20.9. The number of hydrogen-bond acceptors (Lipinski definition) is 6. The molecule has 5 heterocycles. The number of carbonyl (C=O) groups is 1. The lowest BCUT2D eigenvalue weighted by Crippen LogP contribution is -2.63. The van der Waals surface area contributed by atoms with Gasteiger partial charge < -0.3 is 14.5 Å². The maximum absolute atomic E-state index is 14.5. The van der Waals surface area contributed by atoms with Crippen LogP contribution in [0.5, 0.6) is 6.01 Å². The molecule has 43 heavy (non-hydrogen) atoms. The lowest BCUT2D eigenvalue weighted by molar-refractivity contribution is -0.127. The highest BCUT2D eigenvalue weighted by atomic mass is 35.5. The van der Waals surface area contributed by atoms with Gasteiger partial charge in [-0.2, -0.15) is 9.97 Å². The molecule has 1 amide bonds. The van der Waals surface area contributed by atoms with Gasteiger partial charge in [-0.15, -0.1) is 0 Å². The molecule has 0 N–H and O–H groups in total. The van der Waals surface area contributed by atoms with E-state index in [1.807, 2.05) is 11.0 Å². The van der Waals surface area contributed by atoms with Gasteiger partial charge in [-0.1, -0.05) is 36.4 Å². The maximum atomic E-state index is 14.5. The molecular formula is C34H37ClFN5O2. The van der Waals surface area contributed by atoms with Crippen LogP contribution < -0.4 is 9.64 Å². The second-order valence-electron chi connectivity index (χ2n) is 13.0. The number of benzene rings is 2. The van der Waals surface area contributed by atoms with Crippen molar-refractivity contribution in [2.75, 3.05) is 37.7 Å². The van der Waals surface area contributed by atoms with Gasteiger partial charge in [0.25, 0.3) is 0 Å². The Bertz CT molecular complexity index is 1630. The fourth-order valence-electron chi connectivity index (χ4n) is 8.54. The smallest absolute Gasteiger partial charge is 0.319 e. The topological polar surface area (TPSA) is 61.8 Å². The van der Waals surface area contributed by atoms with E-state index >= 15 is 0 Å². The van der Waals surface area contributed by atoms with Crippen LogP contribution in [-0.2, 0) is 17.6 Å². The van der Waals surface area contributed by atoms with Crippen LogP contribution in [0.3, 0.4) is 0 Å². The van der Waals surface area contributed by atoms with Crippen LogP contribution in [0.15, 0.2) is 43.0 Å². The molecule has 3 aromatic rings. The van der Waals surface area contributed by atoms with Crippen molar-refractivity contribution in [3.8, 4) is 17.1 Å². The van der Waals surface area contributed by atoms with Crippen LogP contribution in [0.1, 0.15) is 49.7 Å². The molecule has 4 atom stereocenters. The van der Waals surface area contributed by atoms with E-state index in [-0.39, 0.29) is 23.5 Å². The average Bonchev–Trinajstić information content (AvgIpc) is 3.64. The van der Waals surface area contributed by atoms with Gasteiger partial charge in [-0.05, 0) is 86.4 Å². The molecule has 2 aromatic carbocycles. The van der Waals surface area contributed by atoms with Crippen LogP contribution in [0.25, 0.3) is 22.0 Å². The first-order valence-corrected chi connectivity index (χ1v) is 16.2. The van der Waals surface area contributed by atoms with E-state index in [2.05, 4.69) is 40.6 Å². The molecule has 0 saturated carbocycles. The maximum Gasteiger partial charge on any atom is 0.319 e. The predicted molar refractivity (Wildman–Crippen MR) is 167 cm³/mol. The van der Waals surface area contributed by atoms with Crippen LogP contribution in [0, 0.1) is 0 Å². The van der Waals surface area contributed by atoms with Gasteiger partial charge in [0.15, 0.2) is 0 Å². The van der Waals surface area contributed by atoms with Gasteiger partial charge in [0, 0.05) is 42.0 Å². The number of likely N-dealkylation sites (tertiary alicyclic amines) is 1. The molecule has 7 nitrogen and oxygen atoms in total. The van der Waals surface area contributed by atoms with E-state index in [9.17, 15) is 9.18 Å². The van der Waals surface area contributed by atoms with Crippen LogP contribution in [0.2, 0.25) is 5.02 Å². The van der Waals surface area contributed by atoms with E-state index in [1.54, 1.807) is 0 Å². The minimum absolute atomic E-state index is 0.0225. The molecule has 1 aromatic heterocycles. The number of fused-ring (bicyclic) bond motifs is 4. The monoisotopic (exact) mass is 601 g/mol. The number of halogens is 2. The van der Waals surface area contributed by atoms with Gasteiger partial charge >= 0.3 is 6.01 Å². The van der Waals surface area contributed by atoms with Crippen molar-refractivity contribution in [1.82, 2.24) is 19.8 Å². The van der Waals surface area contributed by atoms with Crippen molar-refractivity contribution >= 4 is 34.2 Å². The van der Waals surface area contributed by atoms with Gasteiger partial charge in [0.1, 0.15) is 18.6 Å². The third kappa shape index (κ3) is 4.43. The van der Waals surface area contributed by atoms with E-state index in [0.29, 0.717) is 43.7 Å². The van der Waals surface area contributed by atoms with E-state index in [1.165, 1.54) is 35.6 Å². The molecule has 8 rings (SSSR count). The minimum Gasteiger partial charge on any atom is -0.461 e. The Kier molecular flexibility index (Phi) is 6.64. The number of ether oxygens (including phenoxy) is 1. The number of carbonyl (C=O) groups excluding carboxylic acids is 1. The standard InChI is InChI=1S/C34H37ClFN5O2/c1-2-31(42)40-14-11-29-30(40)19-41(29)32-26-15-27(35)25(24-10-5-8-21-7-3-4-9-23(21)24)16-28(26)37-33(38-32)43-20-34-12-6-13-39(34)18-22(36)17-34/h2,5,8,10,15-16,22,29-30H,1,3-4,6-7,9,11-14,17-20H2/t22-,29?,30-,34+/m1/s1. The molecule has 224 valence electrons. The molecule has 0 radical (unpaired) electrons. The van der Waals surface area contributed by atoms with Crippen molar-refractivity contribution in [1.29, 1.82) is 0 Å². The molecule has 0 spiro atoms. The summed E-state index contributed by atoms with van der Waals surface area (Å²) in [5, 5.41) is 1.56. The van der Waals surface area contributed by atoms with Gasteiger partial charge in [0.05, 0.1) is 23.1 Å². The zero-order chi connectivity index (χ0) is 29.3. The summed E-state index contributed by atoms with van der Waals surface area (Å²) in [7, 11) is 0. The number of alkyl halides is 1. The normalized spacial score (nSPS) is 28.0. The lowest BCUT2D eigenvalue weighted by atomic mass is 9.85. The first-order valence-electron chi connectivity index (χ1n) is 15.8. The Balaban J connectivity index is 1.19. The number of nitrogens with zero attached hydrogens (tertiary/aromatic N) is 5. The first kappa shape index (κ1) is 27.3. The van der Waals surface area contributed by atoms with E-state index in [0.717, 1.165) is 60.9 Å². The number of hydrogen-bond donors (Lipinski definition) is 0. The molecule has 1 aliphatic carbocycles. The SMILES string of the molecule is C=CC(=O)N1CCC2[C@H]1CN2c1nc(OC[C@@]23CCCN2C[C@H](F)C3)nc2cc(-c3cccc4c3CCCC4)c(Cl)cc12. The molecule has 4 aliphatic heterocycles. The second kappa shape index (κ2) is 10.4.